The first-order chi connectivity index (χ1) is 7.09. The van der Waals surface area contributed by atoms with E-state index in [-0.39, 0.29) is 18.0 Å². The summed E-state index contributed by atoms with van der Waals surface area (Å²) in [5.74, 6) is -0.360. The third-order valence-electron chi connectivity index (χ3n) is 2.39. The average molecular weight is 208 g/mol. The summed E-state index contributed by atoms with van der Waals surface area (Å²) in [6.07, 6.45) is -0.590. The van der Waals surface area contributed by atoms with Crippen molar-refractivity contribution in [3.05, 3.63) is 29.3 Å². The molecule has 1 N–H and O–H groups in total. The molecular formula is C11H12O4. The summed E-state index contributed by atoms with van der Waals surface area (Å²) >= 11 is 0. The highest BCUT2D eigenvalue weighted by molar-refractivity contribution is 5.90. The zero-order valence-electron chi connectivity index (χ0n) is 8.56. The van der Waals surface area contributed by atoms with Crippen LogP contribution in [0.3, 0.4) is 0 Å². The number of benzene rings is 1. The van der Waals surface area contributed by atoms with Crippen LogP contribution in [0.1, 0.15) is 35.9 Å². The summed E-state index contributed by atoms with van der Waals surface area (Å²) in [5.41, 5.74) is 0.856. The average Bonchev–Trinajstić information content (AvgIpc) is 2.16. The highest BCUT2D eigenvalue weighted by Crippen LogP contribution is 2.36. The van der Waals surface area contributed by atoms with Crippen molar-refractivity contribution in [2.75, 3.05) is 0 Å². The lowest BCUT2D eigenvalue weighted by Gasteiger charge is -2.29. The van der Waals surface area contributed by atoms with Gasteiger partial charge in [0, 0.05) is 5.56 Å². The number of hydrogen-bond donors (Lipinski definition) is 1. The molecule has 2 rings (SSSR count). The zero-order chi connectivity index (χ0) is 11.0. The van der Waals surface area contributed by atoms with Crippen LogP contribution in [0, 0.1) is 0 Å². The Kier molecular flexibility index (Phi) is 2.36. The lowest BCUT2D eigenvalue weighted by molar-refractivity contribution is -0.123. The Labute approximate surface area is 87.4 Å². The molecule has 0 aromatic heterocycles. The second-order valence-corrected chi connectivity index (χ2v) is 3.49. The fourth-order valence-electron chi connectivity index (χ4n) is 1.81. The number of hydrogen-bond acceptors (Lipinski definition) is 3. The van der Waals surface area contributed by atoms with Gasteiger partial charge in [-0.1, -0.05) is 6.07 Å². The lowest BCUT2D eigenvalue weighted by atomic mass is 10.0. The van der Waals surface area contributed by atoms with E-state index in [1.807, 2.05) is 6.92 Å². The molecule has 15 heavy (non-hydrogen) atoms. The van der Waals surface area contributed by atoms with Crippen LogP contribution in [0.5, 0.6) is 5.75 Å². The van der Waals surface area contributed by atoms with Gasteiger partial charge < -0.3 is 14.6 Å². The van der Waals surface area contributed by atoms with Crippen molar-refractivity contribution in [2.45, 2.75) is 26.2 Å². The van der Waals surface area contributed by atoms with E-state index in [2.05, 4.69) is 0 Å². The van der Waals surface area contributed by atoms with Crippen LogP contribution in [0.15, 0.2) is 18.2 Å². The Balaban J connectivity index is 2.54. The summed E-state index contributed by atoms with van der Waals surface area (Å²) in [4.78, 5) is 11.0. The van der Waals surface area contributed by atoms with Gasteiger partial charge >= 0.3 is 5.97 Å². The van der Waals surface area contributed by atoms with E-state index in [1.165, 1.54) is 0 Å². The second kappa shape index (κ2) is 3.55. The molecule has 0 saturated heterocycles. The van der Waals surface area contributed by atoms with Crippen molar-refractivity contribution >= 4 is 5.97 Å². The first kappa shape index (κ1) is 9.98. The first-order valence-electron chi connectivity index (χ1n) is 4.78. The van der Waals surface area contributed by atoms with Gasteiger partial charge in [0.15, 0.2) is 6.29 Å². The van der Waals surface area contributed by atoms with E-state index in [4.69, 9.17) is 14.6 Å². The van der Waals surface area contributed by atoms with Gasteiger partial charge in [-0.2, -0.15) is 0 Å². The SMILES string of the molecule is CC1Oc2cccc(C(=O)O)c2C(C)O1. The van der Waals surface area contributed by atoms with Gasteiger partial charge in [-0.3, -0.25) is 0 Å². The monoisotopic (exact) mass is 208 g/mol. The predicted molar refractivity (Wildman–Crippen MR) is 53.0 cm³/mol. The molecule has 0 fully saturated rings. The van der Waals surface area contributed by atoms with Gasteiger partial charge in [0.2, 0.25) is 0 Å². The summed E-state index contributed by atoms with van der Waals surface area (Å²) in [7, 11) is 0. The van der Waals surface area contributed by atoms with E-state index in [0.717, 1.165) is 0 Å². The molecule has 0 amide bonds. The topological polar surface area (TPSA) is 55.8 Å². The number of ether oxygens (including phenoxy) is 2. The molecule has 0 radical (unpaired) electrons. The van der Waals surface area contributed by atoms with Gasteiger partial charge in [0.05, 0.1) is 11.7 Å². The van der Waals surface area contributed by atoms with Gasteiger partial charge in [0.1, 0.15) is 5.75 Å². The van der Waals surface area contributed by atoms with Gasteiger partial charge in [-0.25, -0.2) is 4.79 Å². The third kappa shape index (κ3) is 1.68. The fraction of sp³-hybridized carbons (Fsp3) is 0.364. The summed E-state index contributed by atoms with van der Waals surface area (Å²) in [6, 6.07) is 4.99. The quantitative estimate of drug-likeness (QED) is 0.768. The standard InChI is InChI=1S/C11H12O4/c1-6-10-8(11(12)13)4-3-5-9(10)15-7(2)14-6/h3-7H,1-2H3,(H,12,13). The normalized spacial score (nSPS) is 24.1. The first-order valence-corrected chi connectivity index (χ1v) is 4.78. The van der Waals surface area contributed by atoms with Crippen LogP contribution in [-0.4, -0.2) is 17.4 Å². The van der Waals surface area contributed by atoms with E-state index in [0.29, 0.717) is 11.3 Å². The number of aromatic carboxylic acids is 1. The maximum Gasteiger partial charge on any atom is 0.336 e. The van der Waals surface area contributed by atoms with Crippen molar-refractivity contribution in [2.24, 2.45) is 0 Å². The number of fused-ring (bicyclic) bond motifs is 1. The van der Waals surface area contributed by atoms with E-state index >= 15 is 0 Å². The maximum absolute atomic E-state index is 11.0. The second-order valence-electron chi connectivity index (χ2n) is 3.49. The molecule has 2 unspecified atom stereocenters. The highest BCUT2D eigenvalue weighted by Gasteiger charge is 2.27. The van der Waals surface area contributed by atoms with Crippen molar-refractivity contribution in [3.63, 3.8) is 0 Å². The fourth-order valence-corrected chi connectivity index (χ4v) is 1.81. The Bertz CT molecular complexity index is 400. The van der Waals surface area contributed by atoms with Gasteiger partial charge in [0.25, 0.3) is 0 Å². The molecule has 0 spiro atoms. The smallest absolute Gasteiger partial charge is 0.336 e. The van der Waals surface area contributed by atoms with E-state index < -0.39 is 5.97 Å². The van der Waals surface area contributed by atoms with Crippen molar-refractivity contribution in [1.29, 1.82) is 0 Å². The van der Waals surface area contributed by atoms with Crippen LogP contribution < -0.4 is 4.74 Å². The molecule has 0 aliphatic carbocycles. The maximum atomic E-state index is 11.0. The molecule has 4 heteroatoms. The molecule has 1 aliphatic rings. The highest BCUT2D eigenvalue weighted by atomic mass is 16.7. The molecule has 1 aliphatic heterocycles. The molecular weight excluding hydrogens is 196 g/mol. The number of carboxylic acids is 1. The van der Waals surface area contributed by atoms with E-state index in [9.17, 15) is 4.79 Å². The number of carboxylic acid groups (broad SMARTS) is 1. The molecule has 0 saturated carbocycles. The summed E-state index contributed by atoms with van der Waals surface area (Å²) < 4.78 is 10.8. The molecule has 1 aromatic rings. The predicted octanol–water partition coefficient (Wildman–Crippen LogP) is 2.20. The molecule has 80 valence electrons. The van der Waals surface area contributed by atoms with Crippen LogP contribution >= 0.6 is 0 Å². The van der Waals surface area contributed by atoms with Crippen LogP contribution in [0.25, 0.3) is 0 Å². The largest absolute Gasteiger partial charge is 0.478 e. The zero-order valence-corrected chi connectivity index (χ0v) is 8.56. The Hall–Kier alpha value is -1.55. The third-order valence-corrected chi connectivity index (χ3v) is 2.39. The lowest BCUT2D eigenvalue weighted by Crippen LogP contribution is -2.26. The molecule has 4 nitrogen and oxygen atoms in total. The summed E-state index contributed by atoms with van der Waals surface area (Å²) in [5, 5.41) is 9.01. The van der Waals surface area contributed by atoms with Crippen LogP contribution in [0.4, 0.5) is 0 Å². The van der Waals surface area contributed by atoms with Crippen molar-refractivity contribution in [1.82, 2.24) is 0 Å². The van der Waals surface area contributed by atoms with Gasteiger partial charge in [-0.05, 0) is 26.0 Å². The van der Waals surface area contributed by atoms with Crippen LogP contribution in [0.2, 0.25) is 0 Å². The molecule has 1 aromatic carbocycles. The van der Waals surface area contributed by atoms with Crippen molar-refractivity contribution < 1.29 is 19.4 Å². The minimum Gasteiger partial charge on any atom is -0.478 e. The van der Waals surface area contributed by atoms with Crippen LogP contribution in [-0.2, 0) is 4.74 Å². The van der Waals surface area contributed by atoms with Crippen molar-refractivity contribution in [3.8, 4) is 5.75 Å². The minimum atomic E-state index is -0.958. The molecule has 0 bridgehead atoms. The summed E-state index contributed by atoms with van der Waals surface area (Å²) in [6.45, 7) is 3.61. The van der Waals surface area contributed by atoms with E-state index in [1.54, 1.807) is 25.1 Å². The minimum absolute atomic E-state index is 0.243. The molecule has 1 heterocycles. The molecule has 2 atom stereocenters. The Morgan fingerprint density at radius 1 is 1.40 bits per heavy atom. The number of rotatable bonds is 1. The van der Waals surface area contributed by atoms with Gasteiger partial charge in [-0.15, -0.1) is 0 Å². The Morgan fingerprint density at radius 2 is 2.13 bits per heavy atom. The number of carbonyl (C=O) groups is 1. The Morgan fingerprint density at radius 3 is 2.80 bits per heavy atom.